The van der Waals surface area contributed by atoms with Gasteiger partial charge in [-0.3, -0.25) is 9.59 Å². The van der Waals surface area contributed by atoms with E-state index >= 15 is 0 Å². The van der Waals surface area contributed by atoms with E-state index in [1.165, 1.54) is 11.3 Å². The van der Waals surface area contributed by atoms with Crippen LogP contribution < -0.4 is 0 Å². The Morgan fingerprint density at radius 3 is 2.50 bits per heavy atom. The zero-order valence-electron chi connectivity index (χ0n) is 11.6. The van der Waals surface area contributed by atoms with Gasteiger partial charge in [0.25, 0.3) is 0 Å². The molecule has 0 saturated carbocycles. The van der Waals surface area contributed by atoms with Gasteiger partial charge in [-0.2, -0.15) is 4.98 Å². The predicted molar refractivity (Wildman–Crippen MR) is 80.3 cm³/mol. The second-order valence-corrected chi connectivity index (χ2v) is 5.97. The molecule has 22 heavy (non-hydrogen) atoms. The summed E-state index contributed by atoms with van der Waals surface area (Å²) < 4.78 is 5.09. The fourth-order valence-electron chi connectivity index (χ4n) is 2.48. The number of carbonyl (C=O) groups excluding carboxylic acids is 2. The number of carbonyl (C=O) groups is 2. The van der Waals surface area contributed by atoms with Crippen LogP contribution in [0.5, 0.6) is 0 Å². The fraction of sp³-hybridized carbons (Fsp3) is 0.125. The molecule has 1 aliphatic rings. The molecule has 2 heterocycles. The molecule has 0 unspecified atom stereocenters. The van der Waals surface area contributed by atoms with Crippen molar-refractivity contribution in [2.24, 2.45) is 0 Å². The van der Waals surface area contributed by atoms with Crippen molar-refractivity contribution >= 4 is 22.9 Å². The third-order valence-corrected chi connectivity index (χ3v) is 4.72. The molecule has 0 bridgehead atoms. The molecule has 3 aromatic rings. The second kappa shape index (κ2) is 4.71. The molecule has 0 fully saturated rings. The van der Waals surface area contributed by atoms with Gasteiger partial charge in [0, 0.05) is 23.1 Å². The van der Waals surface area contributed by atoms with E-state index in [1.807, 2.05) is 6.92 Å². The van der Waals surface area contributed by atoms with Crippen LogP contribution in [0.2, 0.25) is 0 Å². The minimum atomic E-state index is -0.132. The summed E-state index contributed by atoms with van der Waals surface area (Å²) in [6, 6.07) is 8.56. The van der Waals surface area contributed by atoms with Crippen molar-refractivity contribution in [3.63, 3.8) is 0 Å². The number of hydrogen-bond acceptors (Lipinski definition) is 6. The number of aryl methyl sites for hydroxylation is 1. The lowest BCUT2D eigenvalue weighted by Gasteiger charge is -2.12. The van der Waals surface area contributed by atoms with E-state index < -0.39 is 0 Å². The smallest absolute Gasteiger partial charge is 0.226 e. The van der Waals surface area contributed by atoms with Crippen LogP contribution >= 0.6 is 11.3 Å². The van der Waals surface area contributed by atoms with Crippen molar-refractivity contribution in [2.45, 2.75) is 13.3 Å². The van der Waals surface area contributed by atoms with E-state index in [2.05, 4.69) is 10.1 Å². The Morgan fingerprint density at radius 1 is 1.09 bits per heavy atom. The van der Waals surface area contributed by atoms with Gasteiger partial charge in [0.05, 0.1) is 9.75 Å². The van der Waals surface area contributed by atoms with E-state index in [0.29, 0.717) is 44.6 Å². The van der Waals surface area contributed by atoms with Gasteiger partial charge in [-0.05, 0) is 6.07 Å². The molecule has 108 valence electrons. The Morgan fingerprint density at radius 2 is 1.82 bits per heavy atom. The van der Waals surface area contributed by atoms with E-state index in [9.17, 15) is 9.59 Å². The highest BCUT2D eigenvalue weighted by atomic mass is 32.1. The number of nitrogens with zero attached hydrogens (tertiary/aromatic N) is 2. The minimum Gasteiger partial charge on any atom is -0.339 e. The molecule has 0 radical (unpaired) electrons. The molecule has 0 atom stereocenters. The minimum absolute atomic E-state index is 0.124. The summed E-state index contributed by atoms with van der Waals surface area (Å²) in [6.45, 7) is 1.92. The van der Waals surface area contributed by atoms with Crippen LogP contribution in [0.1, 0.15) is 44.0 Å². The Kier molecular flexibility index (Phi) is 2.80. The van der Waals surface area contributed by atoms with Crippen molar-refractivity contribution in [2.75, 3.05) is 0 Å². The molecular weight excluding hydrogens is 300 g/mol. The number of aromatic nitrogens is 2. The van der Waals surface area contributed by atoms with Gasteiger partial charge in [0.1, 0.15) is 0 Å². The molecular formula is C16H10N2O3S. The normalized spacial score (nSPS) is 13.1. The first-order valence-corrected chi connectivity index (χ1v) is 7.66. The average molecular weight is 310 g/mol. The lowest BCUT2D eigenvalue weighted by molar-refractivity contribution is 0.0982. The van der Waals surface area contributed by atoms with E-state index in [0.717, 1.165) is 0 Å². The Bertz CT molecular complexity index is 871. The van der Waals surface area contributed by atoms with Crippen molar-refractivity contribution in [1.82, 2.24) is 10.1 Å². The monoisotopic (exact) mass is 310 g/mol. The molecule has 0 aliphatic heterocycles. The van der Waals surface area contributed by atoms with Crippen LogP contribution in [0.3, 0.4) is 0 Å². The summed E-state index contributed by atoms with van der Waals surface area (Å²) in [6.07, 6.45) is 0.640. The Hall–Kier alpha value is -2.60. The van der Waals surface area contributed by atoms with Gasteiger partial charge in [-0.25, -0.2) is 0 Å². The maximum absolute atomic E-state index is 12.6. The molecule has 4 rings (SSSR count). The van der Waals surface area contributed by atoms with Gasteiger partial charge in [-0.1, -0.05) is 36.3 Å². The summed E-state index contributed by atoms with van der Waals surface area (Å²) in [7, 11) is 0. The number of rotatable bonds is 2. The largest absolute Gasteiger partial charge is 0.339 e. The number of benzene rings is 1. The van der Waals surface area contributed by atoms with Crippen LogP contribution in [0.4, 0.5) is 0 Å². The van der Waals surface area contributed by atoms with Gasteiger partial charge in [-0.15, -0.1) is 11.3 Å². The zero-order chi connectivity index (χ0) is 15.3. The second-order valence-electron chi connectivity index (χ2n) is 4.92. The number of hydrogen-bond donors (Lipinski definition) is 0. The van der Waals surface area contributed by atoms with Crippen LogP contribution in [0, 0.1) is 0 Å². The number of fused-ring (bicyclic) bond motifs is 2. The van der Waals surface area contributed by atoms with Gasteiger partial charge in [0.2, 0.25) is 17.5 Å². The molecule has 0 spiro atoms. The zero-order valence-corrected chi connectivity index (χ0v) is 12.4. The van der Waals surface area contributed by atoms with Crippen LogP contribution in [0.25, 0.3) is 10.7 Å². The molecule has 1 aromatic carbocycles. The predicted octanol–water partition coefficient (Wildman–Crippen LogP) is 3.14. The van der Waals surface area contributed by atoms with E-state index in [-0.39, 0.29) is 11.6 Å². The number of ketones is 2. The highest BCUT2D eigenvalue weighted by Crippen LogP contribution is 2.36. The summed E-state index contributed by atoms with van der Waals surface area (Å²) in [5, 5.41) is 3.90. The first-order valence-electron chi connectivity index (χ1n) is 6.84. The highest BCUT2D eigenvalue weighted by molar-refractivity contribution is 7.18. The summed E-state index contributed by atoms with van der Waals surface area (Å²) in [4.78, 5) is 30.5. The molecule has 2 aromatic heterocycles. The van der Waals surface area contributed by atoms with Crippen LogP contribution in [0.15, 0.2) is 34.9 Å². The van der Waals surface area contributed by atoms with Crippen molar-refractivity contribution in [3.05, 3.63) is 57.8 Å². The SMILES string of the molecule is CCc1nc(-c2cc3c(s2)C(=O)c2ccccc2C3=O)no1. The van der Waals surface area contributed by atoms with Crippen molar-refractivity contribution < 1.29 is 14.1 Å². The number of thiophene rings is 1. The van der Waals surface area contributed by atoms with E-state index in [4.69, 9.17) is 4.52 Å². The van der Waals surface area contributed by atoms with Crippen molar-refractivity contribution in [1.29, 1.82) is 0 Å². The topological polar surface area (TPSA) is 73.1 Å². The molecule has 6 heteroatoms. The quantitative estimate of drug-likeness (QED) is 0.568. The third-order valence-electron chi connectivity index (χ3n) is 3.59. The fourth-order valence-corrected chi connectivity index (χ4v) is 3.52. The van der Waals surface area contributed by atoms with Gasteiger partial charge in [0.15, 0.2) is 5.78 Å². The third kappa shape index (κ3) is 1.77. The van der Waals surface area contributed by atoms with Gasteiger partial charge >= 0.3 is 0 Å². The summed E-state index contributed by atoms with van der Waals surface area (Å²) in [5.74, 6) is 0.691. The lowest BCUT2D eigenvalue weighted by Crippen LogP contribution is -2.18. The molecule has 0 N–H and O–H groups in total. The molecule has 0 amide bonds. The summed E-state index contributed by atoms with van der Waals surface area (Å²) in [5.41, 5.74) is 1.33. The van der Waals surface area contributed by atoms with Gasteiger partial charge < -0.3 is 4.52 Å². The van der Waals surface area contributed by atoms with E-state index in [1.54, 1.807) is 30.3 Å². The maximum atomic E-state index is 12.6. The highest BCUT2D eigenvalue weighted by Gasteiger charge is 2.32. The van der Waals surface area contributed by atoms with Crippen LogP contribution in [-0.2, 0) is 6.42 Å². The Balaban J connectivity index is 1.86. The standard InChI is InChI=1S/C16H10N2O3S/c1-2-12-17-16(18-21-12)11-7-10-13(19)8-5-3-4-6-9(8)14(20)15(10)22-11/h3-7H,2H2,1H3. The first-order chi connectivity index (χ1) is 10.7. The molecule has 0 saturated heterocycles. The van der Waals surface area contributed by atoms with Crippen LogP contribution in [-0.4, -0.2) is 21.7 Å². The summed E-state index contributed by atoms with van der Waals surface area (Å²) >= 11 is 1.23. The average Bonchev–Trinajstić information content (AvgIpc) is 3.19. The first kappa shape index (κ1) is 13.1. The maximum Gasteiger partial charge on any atom is 0.226 e. The lowest BCUT2D eigenvalue weighted by atomic mass is 9.89. The molecule has 1 aliphatic carbocycles. The molecule has 5 nitrogen and oxygen atoms in total. The van der Waals surface area contributed by atoms with Crippen molar-refractivity contribution in [3.8, 4) is 10.7 Å². The Labute approximate surface area is 129 Å².